The van der Waals surface area contributed by atoms with Gasteiger partial charge in [0.2, 0.25) is 0 Å². The summed E-state index contributed by atoms with van der Waals surface area (Å²) < 4.78 is 2.03. The van der Waals surface area contributed by atoms with Crippen molar-refractivity contribution in [3.8, 4) is 11.3 Å². The molecule has 0 saturated heterocycles. The smallest absolute Gasteiger partial charge is 0.196 e. The van der Waals surface area contributed by atoms with Crippen LogP contribution in [0.25, 0.3) is 16.2 Å². The number of benzene rings is 1. The Hall–Kier alpha value is -1.81. The molecule has 0 aliphatic carbocycles. The third-order valence-electron chi connectivity index (χ3n) is 3.63. The lowest BCUT2D eigenvalue weighted by atomic mass is 9.86. The zero-order valence-electron chi connectivity index (χ0n) is 12.3. The monoisotopic (exact) mass is 285 g/mol. The summed E-state index contributed by atoms with van der Waals surface area (Å²) >= 11 is 1.63. The maximum Gasteiger partial charge on any atom is 0.196 e. The van der Waals surface area contributed by atoms with Crippen LogP contribution in [0.1, 0.15) is 32.0 Å². The highest BCUT2D eigenvalue weighted by Crippen LogP contribution is 2.31. The van der Waals surface area contributed by atoms with E-state index in [1.807, 2.05) is 11.3 Å². The van der Waals surface area contributed by atoms with Gasteiger partial charge in [-0.25, -0.2) is 4.98 Å². The van der Waals surface area contributed by atoms with Crippen molar-refractivity contribution in [2.24, 2.45) is 0 Å². The first-order chi connectivity index (χ1) is 9.38. The number of nitrogens with two attached hydrogens (primary N) is 1. The molecule has 0 aliphatic rings. The first kappa shape index (κ1) is 13.2. The third kappa shape index (κ3) is 2.00. The standard InChI is InChI=1S/C16H19N3S/c1-10-14(17)19-13(9-20-15(19)18-10)11-5-7-12(8-6-11)16(2,3)4/h5-9H,17H2,1-4H3. The van der Waals surface area contributed by atoms with Crippen LogP contribution in [-0.4, -0.2) is 9.38 Å². The Morgan fingerprint density at radius 2 is 1.80 bits per heavy atom. The highest BCUT2D eigenvalue weighted by Gasteiger charge is 2.15. The van der Waals surface area contributed by atoms with E-state index in [1.54, 1.807) is 11.3 Å². The largest absolute Gasteiger partial charge is 0.383 e. The van der Waals surface area contributed by atoms with E-state index in [-0.39, 0.29) is 5.41 Å². The van der Waals surface area contributed by atoms with Crippen molar-refractivity contribution in [2.45, 2.75) is 33.1 Å². The minimum absolute atomic E-state index is 0.174. The second kappa shape index (κ2) is 4.35. The molecule has 0 fully saturated rings. The molecule has 0 aliphatic heterocycles. The highest BCUT2D eigenvalue weighted by molar-refractivity contribution is 7.15. The van der Waals surface area contributed by atoms with Gasteiger partial charge in [-0.1, -0.05) is 45.0 Å². The fraction of sp³-hybridized carbons (Fsp3) is 0.312. The Morgan fingerprint density at radius 1 is 1.15 bits per heavy atom. The first-order valence-corrected chi connectivity index (χ1v) is 7.59. The van der Waals surface area contributed by atoms with Crippen molar-refractivity contribution in [1.29, 1.82) is 0 Å². The van der Waals surface area contributed by atoms with E-state index in [2.05, 4.69) is 55.4 Å². The molecule has 0 radical (unpaired) electrons. The topological polar surface area (TPSA) is 43.3 Å². The molecule has 2 aromatic heterocycles. The number of anilines is 1. The minimum Gasteiger partial charge on any atom is -0.383 e. The van der Waals surface area contributed by atoms with E-state index < -0.39 is 0 Å². The van der Waals surface area contributed by atoms with Gasteiger partial charge in [0.05, 0.1) is 11.4 Å². The quantitative estimate of drug-likeness (QED) is 0.726. The van der Waals surface area contributed by atoms with Crippen LogP contribution in [0.4, 0.5) is 5.82 Å². The lowest BCUT2D eigenvalue weighted by molar-refractivity contribution is 0.590. The van der Waals surface area contributed by atoms with Gasteiger partial charge >= 0.3 is 0 Å². The van der Waals surface area contributed by atoms with Gasteiger partial charge in [-0.2, -0.15) is 0 Å². The van der Waals surface area contributed by atoms with Gasteiger partial charge in [0.15, 0.2) is 4.96 Å². The van der Waals surface area contributed by atoms with Crippen molar-refractivity contribution in [1.82, 2.24) is 9.38 Å². The SMILES string of the molecule is Cc1nc2scc(-c3ccc(C(C)(C)C)cc3)n2c1N. The van der Waals surface area contributed by atoms with E-state index in [0.717, 1.165) is 22.2 Å². The molecule has 0 bridgehead atoms. The summed E-state index contributed by atoms with van der Waals surface area (Å²) in [5, 5.41) is 2.12. The van der Waals surface area contributed by atoms with E-state index in [1.165, 1.54) is 11.1 Å². The zero-order valence-corrected chi connectivity index (χ0v) is 13.1. The first-order valence-electron chi connectivity index (χ1n) is 6.71. The number of hydrogen-bond donors (Lipinski definition) is 1. The predicted octanol–water partition coefficient (Wildman–Crippen LogP) is 4.25. The Balaban J connectivity index is 2.12. The molecule has 0 atom stereocenters. The Bertz CT molecular complexity index is 757. The number of rotatable bonds is 1. The predicted molar refractivity (Wildman–Crippen MR) is 86.4 cm³/mol. The van der Waals surface area contributed by atoms with Crippen LogP contribution in [0, 0.1) is 6.92 Å². The highest BCUT2D eigenvalue weighted by atomic mass is 32.1. The maximum absolute atomic E-state index is 6.13. The average Bonchev–Trinajstić information content (AvgIpc) is 2.91. The lowest BCUT2D eigenvalue weighted by Gasteiger charge is -2.19. The molecule has 2 N–H and O–H groups in total. The Morgan fingerprint density at radius 3 is 2.40 bits per heavy atom. The second-order valence-corrected chi connectivity index (χ2v) is 6.99. The molecule has 0 spiro atoms. The van der Waals surface area contributed by atoms with Gasteiger partial charge in [-0.15, -0.1) is 11.3 Å². The molecule has 3 aromatic rings. The van der Waals surface area contributed by atoms with E-state index in [9.17, 15) is 0 Å². The van der Waals surface area contributed by atoms with Crippen molar-refractivity contribution < 1.29 is 0 Å². The molecule has 20 heavy (non-hydrogen) atoms. The summed E-state index contributed by atoms with van der Waals surface area (Å²) in [4.78, 5) is 5.43. The fourth-order valence-electron chi connectivity index (χ4n) is 2.33. The fourth-order valence-corrected chi connectivity index (χ4v) is 3.28. The van der Waals surface area contributed by atoms with Crippen LogP contribution in [0.15, 0.2) is 29.6 Å². The van der Waals surface area contributed by atoms with Crippen LogP contribution in [0.3, 0.4) is 0 Å². The molecule has 3 nitrogen and oxygen atoms in total. The molecule has 104 valence electrons. The van der Waals surface area contributed by atoms with Crippen LogP contribution in [0.5, 0.6) is 0 Å². The number of thiazole rings is 1. The Labute approximate surface area is 123 Å². The minimum atomic E-state index is 0.174. The van der Waals surface area contributed by atoms with Gasteiger partial charge in [0, 0.05) is 5.38 Å². The third-order valence-corrected chi connectivity index (χ3v) is 4.46. The van der Waals surface area contributed by atoms with Crippen molar-refractivity contribution in [3.05, 3.63) is 40.9 Å². The summed E-state index contributed by atoms with van der Waals surface area (Å²) in [6.07, 6.45) is 0. The molecular weight excluding hydrogens is 266 g/mol. The molecule has 0 amide bonds. The Kier molecular flexibility index (Phi) is 2.87. The number of imidazole rings is 1. The molecule has 1 aromatic carbocycles. The van der Waals surface area contributed by atoms with Gasteiger partial charge in [0.1, 0.15) is 5.82 Å². The van der Waals surface area contributed by atoms with E-state index in [4.69, 9.17) is 5.73 Å². The average molecular weight is 285 g/mol. The number of aryl methyl sites for hydroxylation is 1. The van der Waals surface area contributed by atoms with Gasteiger partial charge in [-0.3, -0.25) is 4.40 Å². The molecular formula is C16H19N3S. The van der Waals surface area contributed by atoms with Crippen molar-refractivity contribution in [2.75, 3.05) is 5.73 Å². The van der Waals surface area contributed by atoms with Crippen LogP contribution in [-0.2, 0) is 5.41 Å². The molecule has 2 heterocycles. The summed E-state index contributed by atoms with van der Waals surface area (Å²) in [6.45, 7) is 8.62. The summed E-state index contributed by atoms with van der Waals surface area (Å²) in [5.41, 5.74) is 10.8. The summed E-state index contributed by atoms with van der Waals surface area (Å²) in [5.74, 6) is 0.733. The number of hydrogen-bond acceptors (Lipinski definition) is 3. The van der Waals surface area contributed by atoms with Gasteiger partial charge < -0.3 is 5.73 Å². The molecule has 4 heteroatoms. The van der Waals surface area contributed by atoms with E-state index in [0.29, 0.717) is 0 Å². The van der Waals surface area contributed by atoms with Crippen LogP contribution >= 0.6 is 11.3 Å². The number of fused-ring (bicyclic) bond motifs is 1. The second-order valence-electron chi connectivity index (χ2n) is 6.15. The number of nitrogen functional groups attached to an aromatic ring is 1. The van der Waals surface area contributed by atoms with E-state index >= 15 is 0 Å². The van der Waals surface area contributed by atoms with Crippen LogP contribution in [0.2, 0.25) is 0 Å². The van der Waals surface area contributed by atoms with Gasteiger partial charge in [-0.05, 0) is 23.5 Å². The zero-order chi connectivity index (χ0) is 14.5. The van der Waals surface area contributed by atoms with Crippen LogP contribution < -0.4 is 5.73 Å². The maximum atomic E-state index is 6.13. The summed E-state index contributed by atoms with van der Waals surface area (Å²) in [6, 6.07) is 8.71. The normalized spacial score (nSPS) is 12.2. The summed E-state index contributed by atoms with van der Waals surface area (Å²) in [7, 11) is 0. The molecule has 3 rings (SSSR count). The molecule has 0 unspecified atom stereocenters. The molecule has 0 saturated carbocycles. The van der Waals surface area contributed by atoms with Crippen molar-refractivity contribution >= 4 is 22.1 Å². The number of aromatic nitrogens is 2. The van der Waals surface area contributed by atoms with Crippen molar-refractivity contribution in [3.63, 3.8) is 0 Å². The number of nitrogens with zero attached hydrogens (tertiary/aromatic N) is 2. The van der Waals surface area contributed by atoms with Gasteiger partial charge in [0.25, 0.3) is 0 Å². The lowest BCUT2D eigenvalue weighted by Crippen LogP contribution is -2.10.